The largest absolute Gasteiger partial charge is 0.343 e. The first-order valence-corrected chi connectivity index (χ1v) is 9.69. The van der Waals surface area contributed by atoms with E-state index in [4.69, 9.17) is 0 Å². The molecule has 2 heterocycles. The lowest BCUT2D eigenvalue weighted by atomic mass is 10.0. The van der Waals surface area contributed by atoms with E-state index in [1.54, 1.807) is 31.4 Å². The summed E-state index contributed by atoms with van der Waals surface area (Å²) in [6.07, 6.45) is 3.33. The van der Waals surface area contributed by atoms with Crippen LogP contribution in [0.2, 0.25) is 0 Å². The molecule has 4 aromatic rings. The van der Waals surface area contributed by atoms with E-state index >= 15 is 0 Å². The number of nitrogens with zero attached hydrogens (tertiary/aromatic N) is 2. The number of aromatic amines is 1. The average molecular weight is 402 g/mol. The molecule has 0 aliphatic heterocycles. The quantitative estimate of drug-likeness (QED) is 0.548. The Kier molecular flexibility index (Phi) is 4.06. The highest BCUT2D eigenvalue weighted by molar-refractivity contribution is 5.96. The summed E-state index contributed by atoms with van der Waals surface area (Å²) in [5.41, 5.74) is 3.66. The van der Waals surface area contributed by atoms with Crippen LogP contribution in [-0.2, 0) is 12.6 Å². The summed E-state index contributed by atoms with van der Waals surface area (Å²) >= 11 is 0. The molecule has 0 atom stereocenters. The lowest BCUT2D eigenvalue weighted by Crippen LogP contribution is -2.34. The van der Waals surface area contributed by atoms with Crippen LogP contribution in [0.5, 0.6) is 0 Å². The number of fused-ring (bicyclic) bond motifs is 1. The number of rotatable bonds is 4. The number of imidazole rings is 1. The molecule has 7 heteroatoms. The fourth-order valence-corrected chi connectivity index (χ4v) is 3.77. The summed E-state index contributed by atoms with van der Waals surface area (Å²) in [7, 11) is 1.68. The van der Waals surface area contributed by atoms with E-state index in [0.29, 0.717) is 16.7 Å². The van der Waals surface area contributed by atoms with Crippen LogP contribution in [0.3, 0.4) is 0 Å². The van der Waals surface area contributed by atoms with E-state index in [0.717, 1.165) is 29.5 Å². The van der Waals surface area contributed by atoms with Crippen molar-refractivity contribution in [3.8, 4) is 11.1 Å². The van der Waals surface area contributed by atoms with E-state index in [-0.39, 0.29) is 17.4 Å². The van der Waals surface area contributed by atoms with Gasteiger partial charge in [-0.3, -0.25) is 14.3 Å². The number of carbonyl (C=O) groups excluding carboxylic acids is 1. The van der Waals surface area contributed by atoms with Crippen LogP contribution in [0.4, 0.5) is 4.39 Å². The van der Waals surface area contributed by atoms with Crippen LogP contribution in [-0.4, -0.2) is 20.4 Å². The molecule has 0 saturated heterocycles. The molecular formula is C23H19FN4O2. The van der Waals surface area contributed by atoms with Crippen LogP contribution < -0.4 is 11.0 Å². The number of hydrogen-bond acceptors (Lipinski definition) is 3. The Labute approximate surface area is 171 Å². The van der Waals surface area contributed by atoms with E-state index in [2.05, 4.69) is 15.3 Å². The van der Waals surface area contributed by atoms with Gasteiger partial charge in [-0.25, -0.2) is 14.2 Å². The Hall–Kier alpha value is -3.74. The van der Waals surface area contributed by atoms with Crippen LogP contribution in [0.15, 0.2) is 65.6 Å². The number of carbonyl (C=O) groups is 1. The highest BCUT2D eigenvalue weighted by atomic mass is 19.1. The van der Waals surface area contributed by atoms with Crippen molar-refractivity contribution in [2.24, 2.45) is 7.05 Å². The minimum Gasteiger partial charge on any atom is -0.343 e. The average Bonchev–Trinajstić information content (AvgIpc) is 3.48. The zero-order valence-electron chi connectivity index (χ0n) is 16.3. The normalized spacial score (nSPS) is 14.6. The third kappa shape index (κ3) is 3.08. The molecule has 0 unspecified atom stereocenters. The third-order valence-electron chi connectivity index (χ3n) is 5.72. The predicted octanol–water partition coefficient (Wildman–Crippen LogP) is 3.49. The van der Waals surface area contributed by atoms with Crippen molar-refractivity contribution < 1.29 is 9.18 Å². The van der Waals surface area contributed by atoms with Crippen LogP contribution >= 0.6 is 0 Å². The van der Waals surface area contributed by atoms with Crippen LogP contribution in [0, 0.1) is 5.82 Å². The highest BCUT2D eigenvalue weighted by Gasteiger charge is 2.45. The molecule has 2 aromatic heterocycles. The minimum atomic E-state index is -0.426. The van der Waals surface area contributed by atoms with Gasteiger partial charge < -0.3 is 5.32 Å². The second-order valence-corrected chi connectivity index (χ2v) is 7.70. The monoisotopic (exact) mass is 402 g/mol. The minimum absolute atomic E-state index is 0.179. The summed E-state index contributed by atoms with van der Waals surface area (Å²) in [6, 6.07) is 15.4. The highest BCUT2D eigenvalue weighted by Crippen LogP contribution is 2.45. The fourth-order valence-electron chi connectivity index (χ4n) is 3.77. The van der Waals surface area contributed by atoms with Gasteiger partial charge in [0.2, 0.25) is 0 Å². The lowest BCUT2D eigenvalue weighted by Gasteiger charge is -2.18. The van der Waals surface area contributed by atoms with Gasteiger partial charge in [0.1, 0.15) is 5.82 Å². The van der Waals surface area contributed by atoms with E-state index in [1.807, 2.05) is 24.3 Å². The molecule has 2 aromatic carbocycles. The molecule has 2 N–H and O–H groups in total. The van der Waals surface area contributed by atoms with Crippen molar-refractivity contribution in [3.63, 3.8) is 0 Å². The number of benzene rings is 2. The Balaban J connectivity index is 1.43. The van der Waals surface area contributed by atoms with E-state index in [1.165, 1.54) is 16.7 Å². The van der Waals surface area contributed by atoms with Crippen molar-refractivity contribution in [1.29, 1.82) is 0 Å². The second kappa shape index (κ2) is 6.66. The first-order valence-electron chi connectivity index (χ1n) is 9.69. The summed E-state index contributed by atoms with van der Waals surface area (Å²) in [5.74, 6) is -0.471. The number of amides is 1. The summed E-state index contributed by atoms with van der Waals surface area (Å²) in [6.45, 7) is 0. The number of H-pyrrole nitrogens is 1. The van der Waals surface area contributed by atoms with Gasteiger partial charge in [-0.15, -0.1) is 0 Å². The fraction of sp³-hybridized carbons (Fsp3) is 0.174. The molecule has 1 amide bonds. The first-order chi connectivity index (χ1) is 14.4. The summed E-state index contributed by atoms with van der Waals surface area (Å²) < 4.78 is 14.7. The standard InChI is InChI=1S/C23H19FN4O2/c1-28-19-12-16(13-25-20(19)26-22(28)30)14-3-2-4-15(11-14)21(29)27-23(9-10-23)17-5-7-18(24)8-6-17/h2-8,11-13H,9-10H2,1H3,(H,27,29)(H,25,26,30). The molecular weight excluding hydrogens is 383 g/mol. The van der Waals surface area contributed by atoms with Crippen LogP contribution in [0.1, 0.15) is 28.8 Å². The van der Waals surface area contributed by atoms with Gasteiger partial charge in [0, 0.05) is 24.4 Å². The molecule has 6 nitrogen and oxygen atoms in total. The predicted molar refractivity (Wildman–Crippen MR) is 112 cm³/mol. The Morgan fingerprint density at radius 2 is 1.90 bits per heavy atom. The van der Waals surface area contributed by atoms with Gasteiger partial charge in [-0.05, 0) is 54.3 Å². The van der Waals surface area contributed by atoms with Crippen molar-refractivity contribution in [2.45, 2.75) is 18.4 Å². The zero-order chi connectivity index (χ0) is 20.9. The zero-order valence-corrected chi connectivity index (χ0v) is 16.3. The smallest absolute Gasteiger partial charge is 0.327 e. The third-order valence-corrected chi connectivity index (χ3v) is 5.72. The van der Waals surface area contributed by atoms with Gasteiger partial charge in [0.05, 0.1) is 11.1 Å². The molecule has 5 rings (SSSR count). The Bertz CT molecular complexity index is 1330. The Morgan fingerprint density at radius 1 is 1.13 bits per heavy atom. The van der Waals surface area contributed by atoms with Gasteiger partial charge in [-0.2, -0.15) is 0 Å². The lowest BCUT2D eigenvalue weighted by molar-refractivity contribution is 0.0931. The number of hydrogen-bond donors (Lipinski definition) is 2. The van der Waals surface area contributed by atoms with Crippen molar-refractivity contribution in [3.05, 3.63) is 88.2 Å². The van der Waals surface area contributed by atoms with Gasteiger partial charge >= 0.3 is 5.69 Å². The first kappa shape index (κ1) is 18.3. The number of aromatic nitrogens is 3. The number of halogens is 1. The maximum atomic E-state index is 13.2. The van der Waals surface area contributed by atoms with Crippen molar-refractivity contribution in [2.75, 3.05) is 0 Å². The Morgan fingerprint density at radius 3 is 2.63 bits per heavy atom. The van der Waals surface area contributed by atoms with Gasteiger partial charge in [0.25, 0.3) is 5.91 Å². The van der Waals surface area contributed by atoms with E-state index in [9.17, 15) is 14.0 Å². The molecule has 0 bridgehead atoms. The second-order valence-electron chi connectivity index (χ2n) is 7.70. The SMILES string of the molecule is Cn1c(=O)[nH]c2ncc(-c3cccc(C(=O)NC4(c5ccc(F)cc5)CC4)c3)cc21. The van der Waals surface area contributed by atoms with Gasteiger partial charge in [-0.1, -0.05) is 24.3 Å². The summed E-state index contributed by atoms with van der Waals surface area (Å²) in [5, 5.41) is 3.11. The maximum absolute atomic E-state index is 13.2. The number of aryl methyl sites for hydroxylation is 1. The van der Waals surface area contributed by atoms with Crippen molar-refractivity contribution in [1.82, 2.24) is 19.9 Å². The molecule has 1 saturated carbocycles. The molecule has 1 aliphatic rings. The van der Waals surface area contributed by atoms with Gasteiger partial charge in [0.15, 0.2) is 5.65 Å². The molecule has 1 aliphatic carbocycles. The van der Waals surface area contributed by atoms with Crippen molar-refractivity contribution >= 4 is 17.1 Å². The maximum Gasteiger partial charge on any atom is 0.327 e. The topological polar surface area (TPSA) is 79.8 Å². The van der Waals surface area contributed by atoms with E-state index < -0.39 is 5.54 Å². The van der Waals surface area contributed by atoms with Crippen LogP contribution in [0.25, 0.3) is 22.3 Å². The number of nitrogens with one attached hydrogen (secondary N) is 2. The summed E-state index contributed by atoms with van der Waals surface area (Å²) in [4.78, 5) is 31.8. The molecule has 0 spiro atoms. The molecule has 30 heavy (non-hydrogen) atoms. The number of pyridine rings is 1. The molecule has 0 radical (unpaired) electrons. The molecule has 150 valence electrons. The molecule has 1 fully saturated rings.